The van der Waals surface area contributed by atoms with E-state index >= 15 is 0 Å². The summed E-state index contributed by atoms with van der Waals surface area (Å²) in [5.74, 6) is 6.91. The van der Waals surface area contributed by atoms with Gasteiger partial charge in [0.05, 0.1) is 35.4 Å². The molecule has 2 aliphatic heterocycles. The molecule has 0 bridgehead atoms. The first kappa shape index (κ1) is 43.0. The topological polar surface area (TPSA) is 163 Å². The molecule has 326 valence electrons. The molecular weight excluding hydrogens is 805 g/mol. The molecule has 0 radical (unpaired) electrons. The van der Waals surface area contributed by atoms with Crippen molar-refractivity contribution in [1.29, 1.82) is 0 Å². The smallest absolute Gasteiger partial charge is 0.317 e. The number of carbonyl (C=O) groups excluding carboxylic acids is 4. The van der Waals surface area contributed by atoms with Crippen LogP contribution in [0.2, 0.25) is 0 Å². The summed E-state index contributed by atoms with van der Waals surface area (Å²) in [6.45, 7) is 1.15. The minimum absolute atomic E-state index is 0.156. The molecule has 2 fully saturated rings. The van der Waals surface area contributed by atoms with Crippen LogP contribution < -0.4 is 10.6 Å². The number of hydrogen-bond acceptors (Lipinski definition) is 6. The van der Waals surface area contributed by atoms with Crippen molar-refractivity contribution < 1.29 is 19.2 Å². The Morgan fingerprint density at radius 1 is 0.656 bits per heavy atom. The van der Waals surface area contributed by atoms with Crippen molar-refractivity contribution >= 4 is 23.9 Å². The molecule has 6 aromatic rings. The highest BCUT2D eigenvalue weighted by atomic mass is 16.2. The summed E-state index contributed by atoms with van der Waals surface area (Å²) in [5.41, 5.74) is 7.48. The summed E-state index contributed by atoms with van der Waals surface area (Å²) in [7, 11) is 6.61. The van der Waals surface area contributed by atoms with Crippen LogP contribution in [0.4, 0.5) is 9.59 Å². The molecule has 2 aliphatic rings. The fraction of sp³-hybridized carbons (Fsp3) is 0.280. The SMILES string of the molecule is CN(C)C(=O)NC(C(=O)N1CCCC1c1cc(-c2ccc(C#Cc3ccc(-c4cnc(C5CCCN5C(=O)C(NC(=O)N(C)C)c5ccccc5)[nH]4)cc3)cc2)n[nH]1)c1ccccc1. The van der Waals surface area contributed by atoms with E-state index in [0.717, 1.165) is 76.1 Å². The van der Waals surface area contributed by atoms with Gasteiger partial charge in [0.25, 0.3) is 0 Å². The largest absolute Gasteiger partial charge is 0.340 e. The summed E-state index contributed by atoms with van der Waals surface area (Å²) in [6, 6.07) is 33.8. The average Bonchev–Trinajstić information content (AvgIpc) is 4.17. The number of benzene rings is 4. The number of urea groups is 2. The van der Waals surface area contributed by atoms with Gasteiger partial charge in [0.15, 0.2) is 0 Å². The molecule has 64 heavy (non-hydrogen) atoms. The molecule has 4 aromatic carbocycles. The van der Waals surface area contributed by atoms with Gasteiger partial charge in [-0.15, -0.1) is 0 Å². The first-order chi connectivity index (χ1) is 31.0. The summed E-state index contributed by atoms with van der Waals surface area (Å²) < 4.78 is 0. The zero-order chi connectivity index (χ0) is 44.7. The lowest BCUT2D eigenvalue weighted by Gasteiger charge is -2.29. The van der Waals surface area contributed by atoms with Crippen LogP contribution in [0, 0.1) is 11.8 Å². The Morgan fingerprint density at radius 3 is 1.66 bits per heavy atom. The maximum Gasteiger partial charge on any atom is 0.317 e. The third-order valence-corrected chi connectivity index (χ3v) is 11.8. The van der Waals surface area contributed by atoms with E-state index in [1.807, 2.05) is 125 Å². The number of aromatic amines is 2. The highest BCUT2D eigenvalue weighted by Crippen LogP contribution is 2.36. The number of rotatable bonds is 10. The van der Waals surface area contributed by atoms with Crippen molar-refractivity contribution in [3.8, 4) is 34.4 Å². The minimum atomic E-state index is -0.818. The highest BCUT2D eigenvalue weighted by molar-refractivity contribution is 5.89. The molecule has 14 nitrogen and oxygen atoms in total. The summed E-state index contributed by atoms with van der Waals surface area (Å²) in [4.78, 5) is 68.1. The molecule has 8 rings (SSSR count). The summed E-state index contributed by atoms with van der Waals surface area (Å²) in [6.07, 6.45) is 5.01. The van der Waals surface area contributed by atoms with Crippen LogP contribution in [0.3, 0.4) is 0 Å². The number of nitrogens with zero attached hydrogens (tertiary/aromatic N) is 6. The minimum Gasteiger partial charge on any atom is -0.340 e. The summed E-state index contributed by atoms with van der Waals surface area (Å²) in [5, 5.41) is 13.6. The van der Waals surface area contributed by atoms with E-state index in [9.17, 15) is 19.2 Å². The van der Waals surface area contributed by atoms with Gasteiger partial charge in [0.1, 0.15) is 17.9 Å². The molecule has 0 spiro atoms. The lowest BCUT2D eigenvalue weighted by molar-refractivity contribution is -0.135. The zero-order valence-corrected chi connectivity index (χ0v) is 36.4. The monoisotopic (exact) mass is 856 g/mol. The van der Waals surface area contributed by atoms with E-state index in [-0.39, 0.29) is 36.0 Å². The first-order valence-electron chi connectivity index (χ1n) is 21.5. The number of nitrogens with one attached hydrogen (secondary N) is 4. The van der Waals surface area contributed by atoms with E-state index in [1.165, 1.54) is 9.80 Å². The molecule has 4 N–H and O–H groups in total. The number of carbonyl (C=O) groups is 4. The second-order valence-corrected chi connectivity index (χ2v) is 16.5. The lowest BCUT2D eigenvalue weighted by atomic mass is 10.0. The number of H-pyrrole nitrogens is 2. The molecule has 4 unspecified atom stereocenters. The van der Waals surface area contributed by atoms with Crippen molar-refractivity contribution in [2.75, 3.05) is 41.3 Å². The van der Waals surface area contributed by atoms with Gasteiger partial charge in [-0.05, 0) is 72.7 Å². The van der Waals surface area contributed by atoms with E-state index < -0.39 is 12.1 Å². The van der Waals surface area contributed by atoms with Gasteiger partial charge < -0.3 is 35.2 Å². The van der Waals surface area contributed by atoms with Crippen LogP contribution >= 0.6 is 0 Å². The predicted octanol–water partition coefficient (Wildman–Crippen LogP) is 7.22. The van der Waals surface area contributed by atoms with Crippen LogP contribution in [0.1, 0.15) is 83.6 Å². The number of imidazole rings is 1. The number of likely N-dealkylation sites (tertiary alicyclic amines) is 2. The van der Waals surface area contributed by atoms with E-state index in [0.29, 0.717) is 18.9 Å². The first-order valence-corrected chi connectivity index (χ1v) is 21.5. The number of hydrogen-bond donors (Lipinski definition) is 4. The Bertz CT molecular complexity index is 2470. The Balaban J connectivity index is 0.902. The molecule has 14 heteroatoms. The van der Waals surface area contributed by atoms with Crippen LogP contribution in [0.15, 0.2) is 121 Å². The maximum absolute atomic E-state index is 14.0. The van der Waals surface area contributed by atoms with E-state index in [2.05, 4.69) is 37.7 Å². The predicted molar refractivity (Wildman–Crippen MR) is 244 cm³/mol. The van der Waals surface area contributed by atoms with Gasteiger partial charge in [0.2, 0.25) is 11.8 Å². The van der Waals surface area contributed by atoms with Crippen LogP contribution in [0.5, 0.6) is 0 Å². The quantitative estimate of drug-likeness (QED) is 0.106. The highest BCUT2D eigenvalue weighted by Gasteiger charge is 2.38. The third-order valence-electron chi connectivity index (χ3n) is 11.8. The van der Waals surface area contributed by atoms with Gasteiger partial charge in [-0.2, -0.15) is 5.10 Å². The van der Waals surface area contributed by atoms with E-state index in [1.54, 1.807) is 34.4 Å². The number of amides is 6. The Kier molecular flexibility index (Phi) is 12.9. The fourth-order valence-electron chi connectivity index (χ4n) is 8.28. The molecule has 0 saturated carbocycles. The zero-order valence-electron chi connectivity index (χ0n) is 36.4. The van der Waals surface area contributed by atoms with Crippen molar-refractivity contribution in [3.05, 3.63) is 155 Å². The Labute approximate surface area is 373 Å². The van der Waals surface area contributed by atoms with Gasteiger partial charge >= 0.3 is 12.1 Å². The average molecular weight is 857 g/mol. The van der Waals surface area contributed by atoms with Crippen molar-refractivity contribution in [3.63, 3.8) is 0 Å². The third kappa shape index (κ3) is 9.53. The standard InChI is InChI=1S/C50H52N10O4/c1-57(2)49(63)53-44(37-13-7-5-8-14-37)47(61)59-29-11-17-42(59)40-31-39(55-56-40)35-25-21-33(22-26-35)19-20-34-23-27-36(28-24-34)41-32-51-46(52-41)43-18-12-30-60(43)48(62)45(54-50(64)58(3)4)38-15-9-6-10-16-38/h5-10,13-16,21-28,31-32,42-45H,11-12,17-18,29-30H2,1-4H3,(H,51,52)(H,53,63)(H,54,64)(H,55,56). The van der Waals surface area contributed by atoms with Gasteiger partial charge in [-0.25, -0.2) is 14.6 Å². The van der Waals surface area contributed by atoms with Gasteiger partial charge in [-0.3, -0.25) is 14.7 Å². The van der Waals surface area contributed by atoms with Gasteiger partial charge in [-0.1, -0.05) is 96.8 Å². The molecule has 2 aromatic heterocycles. The molecular formula is C50H52N10O4. The fourth-order valence-corrected chi connectivity index (χ4v) is 8.28. The molecule has 2 saturated heterocycles. The normalized spacial score (nSPS) is 16.6. The van der Waals surface area contributed by atoms with E-state index in [4.69, 9.17) is 4.98 Å². The Morgan fingerprint density at radius 2 is 1.14 bits per heavy atom. The second-order valence-electron chi connectivity index (χ2n) is 16.5. The van der Waals surface area contributed by atoms with Crippen LogP contribution in [-0.4, -0.2) is 105 Å². The Hall–Kier alpha value is -7.66. The van der Waals surface area contributed by atoms with Crippen molar-refractivity contribution in [2.45, 2.75) is 49.9 Å². The molecule has 4 atom stereocenters. The number of aromatic nitrogens is 4. The van der Waals surface area contributed by atoms with Crippen molar-refractivity contribution in [2.24, 2.45) is 0 Å². The second kappa shape index (κ2) is 19.2. The summed E-state index contributed by atoms with van der Waals surface area (Å²) >= 11 is 0. The lowest BCUT2D eigenvalue weighted by Crippen LogP contribution is -2.45. The maximum atomic E-state index is 14.0. The van der Waals surface area contributed by atoms with Crippen LogP contribution in [0.25, 0.3) is 22.5 Å². The molecule has 4 heterocycles. The van der Waals surface area contributed by atoms with Crippen LogP contribution in [-0.2, 0) is 9.59 Å². The molecule has 6 amide bonds. The molecule has 0 aliphatic carbocycles. The van der Waals surface area contributed by atoms with Crippen molar-refractivity contribution in [1.82, 2.24) is 50.4 Å². The van der Waals surface area contributed by atoms with Gasteiger partial charge in [0, 0.05) is 58.0 Å².